The van der Waals surface area contributed by atoms with E-state index in [0.29, 0.717) is 17.7 Å². The zero-order valence-electron chi connectivity index (χ0n) is 17.2. The summed E-state index contributed by atoms with van der Waals surface area (Å²) in [6.45, 7) is 2.25. The maximum absolute atomic E-state index is 11.6. The Kier molecular flexibility index (Phi) is 14.4. The monoisotopic (exact) mass is 420 g/mol. The van der Waals surface area contributed by atoms with Crippen molar-refractivity contribution in [2.45, 2.75) is 71.1 Å². The number of unbranched alkanes of at least 4 members (excludes halogenated alkanes) is 9. The van der Waals surface area contributed by atoms with E-state index in [1.807, 2.05) is 0 Å². The number of hydrogen-bond donors (Lipinski definition) is 2. The Bertz CT molecular complexity index is 641. The minimum atomic E-state index is -0.674. The average Bonchev–Trinajstić information content (AvgIpc) is 2.73. The number of aliphatic hydroxyl groups excluding tert-OH is 1. The van der Waals surface area contributed by atoms with Gasteiger partial charge in [-0.2, -0.15) is 5.26 Å². The Labute approximate surface area is 178 Å². The zero-order valence-corrected chi connectivity index (χ0v) is 18.0. The van der Waals surface area contributed by atoms with Gasteiger partial charge in [-0.05, 0) is 30.7 Å². The first-order valence-corrected chi connectivity index (χ1v) is 11.2. The minimum Gasteiger partial charge on any atom is -0.514 e. The SMILES string of the molecule is CCCCCCCCCCCCSOOc1ccc(NC(=O)/C(C#N)=C/O)cc1. The quantitative estimate of drug-likeness (QED) is 0.0605. The van der Waals surface area contributed by atoms with Crippen molar-refractivity contribution in [2.75, 3.05) is 11.1 Å². The fourth-order valence-electron chi connectivity index (χ4n) is 2.68. The largest absolute Gasteiger partial charge is 0.514 e. The van der Waals surface area contributed by atoms with E-state index in [9.17, 15) is 4.79 Å². The number of nitrogens with one attached hydrogen (secondary N) is 1. The van der Waals surface area contributed by atoms with Crippen molar-refractivity contribution >= 4 is 23.6 Å². The molecule has 0 aliphatic carbocycles. The Morgan fingerprint density at radius 3 is 2.21 bits per heavy atom. The molecule has 0 aliphatic heterocycles. The summed E-state index contributed by atoms with van der Waals surface area (Å²) in [5.74, 6) is 0.721. The second-order valence-corrected chi connectivity index (χ2v) is 7.57. The van der Waals surface area contributed by atoms with Crippen LogP contribution in [0.4, 0.5) is 5.69 Å². The van der Waals surface area contributed by atoms with Crippen molar-refractivity contribution in [3.05, 3.63) is 36.1 Å². The first-order chi connectivity index (χ1) is 14.2. The number of anilines is 1. The lowest BCUT2D eigenvalue weighted by atomic mass is 10.1. The molecule has 160 valence electrons. The molecule has 0 radical (unpaired) electrons. The maximum Gasteiger partial charge on any atom is 0.269 e. The number of amides is 1. The number of hydrogen-bond acceptors (Lipinski definition) is 6. The summed E-state index contributed by atoms with van der Waals surface area (Å²) < 4.78 is 5.14. The van der Waals surface area contributed by atoms with E-state index >= 15 is 0 Å². The fraction of sp³-hybridized carbons (Fsp3) is 0.545. The molecule has 0 saturated heterocycles. The molecular weight excluding hydrogens is 388 g/mol. The summed E-state index contributed by atoms with van der Waals surface area (Å²) in [4.78, 5) is 16.8. The van der Waals surface area contributed by atoms with Crippen LogP contribution in [0.5, 0.6) is 5.75 Å². The molecule has 7 heteroatoms. The highest BCUT2D eigenvalue weighted by Gasteiger charge is 2.09. The Morgan fingerprint density at radius 1 is 1.07 bits per heavy atom. The van der Waals surface area contributed by atoms with Gasteiger partial charge in [0, 0.05) is 23.5 Å². The van der Waals surface area contributed by atoms with Crippen molar-refractivity contribution < 1.29 is 19.1 Å². The van der Waals surface area contributed by atoms with Crippen LogP contribution in [0.3, 0.4) is 0 Å². The van der Waals surface area contributed by atoms with Gasteiger partial charge in [0.05, 0.1) is 0 Å². The van der Waals surface area contributed by atoms with Crippen molar-refractivity contribution in [1.29, 1.82) is 5.26 Å². The molecule has 0 saturated carbocycles. The lowest BCUT2D eigenvalue weighted by molar-refractivity contribution is -0.112. The molecule has 0 spiro atoms. The molecule has 0 aliphatic rings. The van der Waals surface area contributed by atoms with Gasteiger partial charge in [-0.3, -0.25) is 4.79 Å². The van der Waals surface area contributed by atoms with Gasteiger partial charge in [-0.25, -0.2) is 0 Å². The van der Waals surface area contributed by atoms with Gasteiger partial charge in [0.25, 0.3) is 5.91 Å². The van der Waals surface area contributed by atoms with E-state index in [0.717, 1.165) is 12.2 Å². The summed E-state index contributed by atoms with van der Waals surface area (Å²) in [6, 6.07) is 8.13. The van der Waals surface area contributed by atoms with Crippen molar-refractivity contribution in [2.24, 2.45) is 0 Å². The second kappa shape index (κ2) is 16.8. The van der Waals surface area contributed by atoms with Gasteiger partial charge in [-0.15, -0.1) is 4.33 Å². The number of carbonyl (C=O) groups is 1. The van der Waals surface area contributed by atoms with E-state index in [4.69, 9.17) is 19.6 Å². The molecule has 1 aromatic rings. The van der Waals surface area contributed by atoms with Crippen LogP contribution in [0.15, 0.2) is 36.1 Å². The Morgan fingerprint density at radius 2 is 1.66 bits per heavy atom. The third-order valence-corrected chi connectivity index (χ3v) is 4.99. The summed E-state index contributed by atoms with van der Waals surface area (Å²) in [5.41, 5.74) is 0.118. The summed E-state index contributed by atoms with van der Waals surface area (Å²) in [5, 5.41) is 20.0. The fourth-order valence-corrected chi connectivity index (χ4v) is 3.19. The maximum atomic E-state index is 11.6. The van der Waals surface area contributed by atoms with Gasteiger partial charge in [0.15, 0.2) is 11.3 Å². The van der Waals surface area contributed by atoms with Crippen LogP contribution in [0, 0.1) is 11.3 Å². The molecule has 29 heavy (non-hydrogen) atoms. The lowest BCUT2D eigenvalue weighted by Gasteiger charge is -2.06. The minimum absolute atomic E-state index is 0.364. The van der Waals surface area contributed by atoms with Gasteiger partial charge in [-0.1, -0.05) is 64.7 Å². The zero-order chi connectivity index (χ0) is 21.2. The first kappa shape index (κ1) is 24.9. The van der Waals surface area contributed by atoms with E-state index < -0.39 is 5.91 Å². The normalized spacial score (nSPS) is 11.1. The Hall–Kier alpha value is -2.17. The predicted octanol–water partition coefficient (Wildman–Crippen LogP) is 6.47. The first-order valence-electron chi connectivity index (χ1n) is 10.3. The summed E-state index contributed by atoms with van der Waals surface area (Å²) >= 11 is 1.29. The van der Waals surface area contributed by atoms with Crippen LogP contribution >= 0.6 is 12.0 Å². The third-order valence-electron chi connectivity index (χ3n) is 4.37. The number of nitrogens with zero attached hydrogens (tertiary/aromatic N) is 1. The molecule has 0 fully saturated rings. The van der Waals surface area contributed by atoms with E-state index in [-0.39, 0.29) is 5.57 Å². The number of carbonyl (C=O) groups excluding carboxylic acids is 1. The van der Waals surface area contributed by atoms with Crippen molar-refractivity contribution in [3.63, 3.8) is 0 Å². The molecule has 1 aromatic carbocycles. The number of rotatable bonds is 16. The van der Waals surface area contributed by atoms with Gasteiger partial charge >= 0.3 is 0 Å². The number of nitriles is 1. The molecule has 0 bridgehead atoms. The second-order valence-electron chi connectivity index (χ2n) is 6.79. The molecule has 0 aromatic heterocycles. The smallest absolute Gasteiger partial charge is 0.269 e. The van der Waals surface area contributed by atoms with Crippen molar-refractivity contribution in [1.82, 2.24) is 0 Å². The molecule has 2 N–H and O–H groups in total. The molecular formula is C22H32N2O4S. The number of aliphatic hydroxyl groups is 1. The highest BCUT2D eigenvalue weighted by Crippen LogP contribution is 2.19. The van der Waals surface area contributed by atoms with Crippen LogP contribution in [-0.4, -0.2) is 16.8 Å². The molecule has 1 amide bonds. The molecule has 6 nitrogen and oxygen atoms in total. The third kappa shape index (κ3) is 12.1. The van der Waals surface area contributed by atoms with Crippen LogP contribution in [0.2, 0.25) is 0 Å². The van der Waals surface area contributed by atoms with Gasteiger partial charge in [0.1, 0.15) is 12.3 Å². The van der Waals surface area contributed by atoms with Gasteiger partial charge < -0.3 is 15.3 Å². The number of benzene rings is 1. The standard InChI is InChI=1S/C22H32N2O4S/c1-2-3-4-5-6-7-8-9-10-11-16-29-28-27-21-14-12-20(13-15-21)24-22(26)19(17-23)18-25/h12-15,18,25H,2-11,16H2,1H3,(H,24,26)/b19-18+. The topological polar surface area (TPSA) is 91.6 Å². The Balaban J connectivity index is 2.04. The molecule has 0 atom stereocenters. The molecule has 0 unspecified atom stereocenters. The summed E-state index contributed by atoms with van der Waals surface area (Å²) in [7, 11) is 0. The lowest BCUT2D eigenvalue weighted by Crippen LogP contribution is -2.13. The van der Waals surface area contributed by atoms with Crippen LogP contribution in [0.1, 0.15) is 71.1 Å². The molecule has 0 heterocycles. The highest BCUT2D eigenvalue weighted by atomic mass is 32.2. The van der Waals surface area contributed by atoms with Gasteiger partial charge in [0.2, 0.25) is 0 Å². The van der Waals surface area contributed by atoms with E-state index in [1.54, 1.807) is 30.3 Å². The predicted molar refractivity (Wildman–Crippen MR) is 117 cm³/mol. The van der Waals surface area contributed by atoms with Crippen LogP contribution in [-0.2, 0) is 9.13 Å². The van der Waals surface area contributed by atoms with E-state index in [1.165, 1.54) is 69.8 Å². The van der Waals surface area contributed by atoms with Crippen molar-refractivity contribution in [3.8, 4) is 11.8 Å². The van der Waals surface area contributed by atoms with E-state index in [2.05, 4.69) is 12.2 Å². The molecule has 1 rings (SSSR count). The average molecular weight is 421 g/mol. The van der Waals surface area contributed by atoms with Crippen LogP contribution in [0.25, 0.3) is 0 Å². The van der Waals surface area contributed by atoms with Crippen LogP contribution < -0.4 is 10.2 Å². The highest BCUT2D eigenvalue weighted by molar-refractivity contribution is 7.94. The summed E-state index contributed by atoms with van der Waals surface area (Å²) in [6.07, 6.45) is 13.5.